The number of Topliss-reactive ketones (excluding diaryl/α,β-unsaturated/α-hetero) is 1. The van der Waals surface area contributed by atoms with Crippen LogP contribution in [-0.4, -0.2) is 80.0 Å². The summed E-state index contributed by atoms with van der Waals surface area (Å²) in [4.78, 5) is 13.9. The molecule has 0 bridgehead atoms. The number of carbonyl (C=O) groups is 1. The maximum atomic E-state index is 13.4. The third-order valence-electron chi connectivity index (χ3n) is 6.68. The highest BCUT2D eigenvalue weighted by atomic mass is 32.2. The van der Waals surface area contributed by atoms with Gasteiger partial charge in [-0.15, -0.1) is 0 Å². The summed E-state index contributed by atoms with van der Waals surface area (Å²) in [7, 11) is 4.63. The number of hydrogen-bond acceptors (Lipinski definition) is 10. The van der Waals surface area contributed by atoms with Crippen LogP contribution in [-0.2, 0) is 19.4 Å². The molecule has 0 amide bonds. The lowest BCUT2D eigenvalue weighted by atomic mass is 10.0. The van der Waals surface area contributed by atoms with Crippen molar-refractivity contribution in [3.05, 3.63) is 35.4 Å². The molecule has 1 heterocycles. The van der Waals surface area contributed by atoms with Gasteiger partial charge in [-0.1, -0.05) is 6.92 Å². The van der Waals surface area contributed by atoms with Gasteiger partial charge in [0.25, 0.3) is 0 Å². The number of methoxy groups -OCH3 is 3. The van der Waals surface area contributed by atoms with Gasteiger partial charge in [0.15, 0.2) is 32.8 Å². The van der Waals surface area contributed by atoms with Crippen molar-refractivity contribution in [3.63, 3.8) is 0 Å². The van der Waals surface area contributed by atoms with Crippen molar-refractivity contribution in [2.24, 2.45) is 0 Å². The molecule has 0 unspecified atom stereocenters. The average Bonchev–Trinajstić information content (AvgIpc) is 3.43. The van der Waals surface area contributed by atoms with Gasteiger partial charge in [-0.05, 0) is 82.1 Å². The van der Waals surface area contributed by atoms with E-state index in [-0.39, 0.29) is 16.7 Å². The largest absolute Gasteiger partial charge is 0.493 e. The second-order valence-electron chi connectivity index (χ2n) is 10.3. The van der Waals surface area contributed by atoms with E-state index in [1.165, 1.54) is 6.92 Å². The van der Waals surface area contributed by atoms with Crippen molar-refractivity contribution in [2.45, 2.75) is 56.6 Å². The lowest BCUT2D eigenvalue weighted by molar-refractivity contribution is -0.114. The fourth-order valence-corrected chi connectivity index (χ4v) is 6.24. The van der Waals surface area contributed by atoms with Gasteiger partial charge >= 0.3 is 0 Å². The summed E-state index contributed by atoms with van der Waals surface area (Å²) in [5.41, 5.74) is 1.50. The number of carbonyl (C=O) groups excluding carboxylic acids is 1. The van der Waals surface area contributed by atoms with Crippen LogP contribution in [0.15, 0.2) is 29.2 Å². The average molecular weight is 594 g/mol. The number of nitrogens with zero attached hydrogens (tertiary/aromatic N) is 1. The molecule has 0 saturated carbocycles. The smallest absolute Gasteiger partial charge is 0.203 e. The van der Waals surface area contributed by atoms with E-state index in [4.69, 9.17) is 28.4 Å². The van der Waals surface area contributed by atoms with E-state index in [2.05, 4.69) is 0 Å². The number of ether oxygens (including phenoxy) is 6. The normalized spacial score (nSPS) is 17.0. The Morgan fingerprint density at radius 1 is 0.878 bits per heavy atom. The molecule has 1 aliphatic heterocycles. The molecular formula is C30H43NO9S. The molecule has 0 radical (unpaired) electrons. The standard InChI is InChI=1S/C30H43NO9S/c1-8-13-39-30-27(38-14-9-12-31(3)4)17-22(18-28(30)41(33,34)19-20(2)32)24-11-10-23(40-24)21-15-25(35-5)29(37-7)26(16-21)36-6/h15-18,23-24H,8-14,19H2,1-7H3/t23-,24-/m1/s1. The summed E-state index contributed by atoms with van der Waals surface area (Å²) >= 11 is 0. The van der Waals surface area contributed by atoms with E-state index in [1.807, 2.05) is 38.1 Å². The van der Waals surface area contributed by atoms with Crippen LogP contribution >= 0.6 is 0 Å². The van der Waals surface area contributed by atoms with Gasteiger partial charge in [-0.3, -0.25) is 4.79 Å². The molecule has 1 aliphatic rings. The monoisotopic (exact) mass is 593 g/mol. The van der Waals surface area contributed by atoms with Crippen LogP contribution in [0, 0.1) is 0 Å². The first kappa shape index (κ1) is 32.5. The van der Waals surface area contributed by atoms with Crippen LogP contribution in [0.25, 0.3) is 0 Å². The topological polar surface area (TPSA) is 110 Å². The van der Waals surface area contributed by atoms with Gasteiger partial charge in [-0.2, -0.15) is 0 Å². The Bertz CT molecular complexity index is 1270. The molecule has 0 aliphatic carbocycles. The molecule has 2 aromatic carbocycles. The van der Waals surface area contributed by atoms with Crippen molar-refractivity contribution in [1.29, 1.82) is 0 Å². The zero-order valence-electron chi connectivity index (χ0n) is 25.2. The Balaban J connectivity index is 2.02. The minimum absolute atomic E-state index is 0.0545. The third kappa shape index (κ3) is 8.27. The number of ketones is 1. The Morgan fingerprint density at radius 2 is 1.46 bits per heavy atom. The molecule has 1 saturated heterocycles. The van der Waals surface area contributed by atoms with Crippen LogP contribution in [0.4, 0.5) is 0 Å². The fourth-order valence-electron chi connectivity index (χ4n) is 4.79. The fraction of sp³-hybridized carbons (Fsp3) is 0.567. The summed E-state index contributed by atoms with van der Waals surface area (Å²) in [6.45, 7) is 4.68. The molecule has 2 aromatic rings. The third-order valence-corrected chi connectivity index (χ3v) is 8.44. The van der Waals surface area contributed by atoms with E-state index in [0.717, 1.165) is 18.5 Å². The first-order valence-electron chi connectivity index (χ1n) is 13.8. The lowest BCUT2D eigenvalue weighted by Gasteiger charge is -2.21. The van der Waals surface area contributed by atoms with E-state index < -0.39 is 27.5 Å². The summed E-state index contributed by atoms with van der Waals surface area (Å²) < 4.78 is 61.8. The number of sulfone groups is 1. The van der Waals surface area contributed by atoms with Crippen molar-refractivity contribution in [3.8, 4) is 28.7 Å². The number of benzene rings is 2. The van der Waals surface area contributed by atoms with Crippen LogP contribution in [0.2, 0.25) is 0 Å². The van der Waals surface area contributed by atoms with E-state index in [0.29, 0.717) is 61.0 Å². The van der Waals surface area contributed by atoms with Gasteiger partial charge in [-0.25, -0.2) is 8.42 Å². The molecular weight excluding hydrogens is 550 g/mol. The highest BCUT2D eigenvalue weighted by molar-refractivity contribution is 7.92. The second kappa shape index (κ2) is 14.7. The molecule has 0 aromatic heterocycles. The molecule has 41 heavy (non-hydrogen) atoms. The number of hydrogen-bond donors (Lipinski definition) is 0. The maximum absolute atomic E-state index is 13.4. The van der Waals surface area contributed by atoms with Crippen molar-refractivity contribution < 1.29 is 41.6 Å². The highest BCUT2D eigenvalue weighted by Gasteiger charge is 2.33. The van der Waals surface area contributed by atoms with Crippen LogP contribution in [0.5, 0.6) is 28.7 Å². The van der Waals surface area contributed by atoms with Crippen molar-refractivity contribution in [1.82, 2.24) is 4.90 Å². The van der Waals surface area contributed by atoms with Crippen LogP contribution in [0.1, 0.15) is 62.9 Å². The lowest BCUT2D eigenvalue weighted by Crippen LogP contribution is -2.18. The molecule has 11 heteroatoms. The molecule has 0 spiro atoms. The van der Waals surface area contributed by atoms with Gasteiger partial charge in [0.1, 0.15) is 16.4 Å². The van der Waals surface area contributed by atoms with Gasteiger partial charge < -0.3 is 33.3 Å². The Morgan fingerprint density at radius 3 is 1.98 bits per heavy atom. The second-order valence-corrected chi connectivity index (χ2v) is 12.3. The number of rotatable bonds is 16. The van der Waals surface area contributed by atoms with Gasteiger partial charge in [0.05, 0.1) is 46.8 Å². The zero-order valence-corrected chi connectivity index (χ0v) is 26.0. The van der Waals surface area contributed by atoms with Crippen molar-refractivity contribution >= 4 is 15.6 Å². The van der Waals surface area contributed by atoms with Crippen LogP contribution < -0.4 is 23.7 Å². The minimum atomic E-state index is -4.00. The Labute approximate surface area is 243 Å². The summed E-state index contributed by atoms with van der Waals surface area (Å²) in [5.74, 6) is 0.933. The molecule has 228 valence electrons. The Hall–Kier alpha value is -3.02. The van der Waals surface area contributed by atoms with E-state index in [9.17, 15) is 13.2 Å². The predicted octanol–water partition coefficient (Wildman–Crippen LogP) is 4.79. The van der Waals surface area contributed by atoms with Crippen molar-refractivity contribution in [2.75, 3.05) is 60.9 Å². The SMILES string of the molecule is CCCOc1c(OCCCN(C)C)cc([C@H]2CC[C@H](c3cc(OC)c(OC)c(OC)c3)O2)cc1S(=O)(=O)CC(C)=O. The highest BCUT2D eigenvalue weighted by Crippen LogP contribution is 2.48. The summed E-state index contributed by atoms with van der Waals surface area (Å²) in [6.07, 6.45) is 2.05. The predicted molar refractivity (Wildman–Crippen MR) is 156 cm³/mol. The minimum Gasteiger partial charge on any atom is -0.493 e. The quantitative estimate of drug-likeness (QED) is 0.252. The zero-order chi connectivity index (χ0) is 30.2. The van der Waals surface area contributed by atoms with Crippen LogP contribution in [0.3, 0.4) is 0 Å². The molecule has 1 fully saturated rings. The first-order valence-corrected chi connectivity index (χ1v) is 15.5. The van der Waals surface area contributed by atoms with E-state index >= 15 is 0 Å². The maximum Gasteiger partial charge on any atom is 0.203 e. The summed E-state index contributed by atoms with van der Waals surface area (Å²) in [5, 5.41) is 0. The first-order chi connectivity index (χ1) is 19.5. The molecule has 2 atom stereocenters. The Kier molecular flexibility index (Phi) is 11.7. The molecule has 0 N–H and O–H groups in total. The van der Waals surface area contributed by atoms with E-state index in [1.54, 1.807) is 33.5 Å². The van der Waals surface area contributed by atoms with Gasteiger partial charge in [0, 0.05) is 6.54 Å². The summed E-state index contributed by atoms with van der Waals surface area (Å²) in [6, 6.07) is 7.09. The molecule has 3 rings (SSSR count). The molecule has 10 nitrogen and oxygen atoms in total. The van der Waals surface area contributed by atoms with Gasteiger partial charge in [0.2, 0.25) is 5.75 Å².